The van der Waals surface area contributed by atoms with Gasteiger partial charge in [0.1, 0.15) is 6.29 Å². The van der Waals surface area contributed by atoms with Gasteiger partial charge in [-0.25, -0.2) is 8.78 Å². The van der Waals surface area contributed by atoms with Crippen LogP contribution in [0.4, 0.5) is 8.78 Å². The predicted molar refractivity (Wildman–Crippen MR) is 153 cm³/mol. The number of carboxylic acid groups (broad SMARTS) is 1. The molecule has 3 aromatic rings. The average molecular weight is 566 g/mol. The highest BCUT2D eigenvalue weighted by atomic mass is 19.2. The number of rotatable bonds is 7. The van der Waals surface area contributed by atoms with Crippen LogP contribution in [-0.4, -0.2) is 53.8 Å². The van der Waals surface area contributed by atoms with E-state index in [1.165, 1.54) is 19.2 Å². The number of piperidine rings is 1. The van der Waals surface area contributed by atoms with Gasteiger partial charge in [-0.05, 0) is 84.7 Å². The predicted octanol–water partition coefficient (Wildman–Crippen LogP) is 5.61. The fraction of sp³-hybridized carbons (Fsp3) is 0.375. The van der Waals surface area contributed by atoms with Crippen molar-refractivity contribution in [1.29, 1.82) is 0 Å². The van der Waals surface area contributed by atoms with E-state index in [4.69, 9.17) is 5.11 Å². The third-order valence-electron chi connectivity index (χ3n) is 8.00. The van der Waals surface area contributed by atoms with Crippen LogP contribution in [0.15, 0.2) is 54.9 Å². The molecule has 41 heavy (non-hydrogen) atoms. The minimum absolute atomic E-state index is 0.192. The maximum absolute atomic E-state index is 14.2. The maximum Gasteiger partial charge on any atom is 0.305 e. The minimum Gasteiger partial charge on any atom is -0.481 e. The number of amides is 1. The molecule has 1 saturated carbocycles. The zero-order valence-corrected chi connectivity index (χ0v) is 24.0. The van der Waals surface area contributed by atoms with Gasteiger partial charge in [-0.3, -0.25) is 19.4 Å². The summed E-state index contributed by atoms with van der Waals surface area (Å²) in [7, 11) is 2.22. The molecule has 1 aliphatic carbocycles. The monoisotopic (exact) mass is 565 g/mol. The Labute approximate surface area is 239 Å². The molecule has 2 heterocycles. The van der Waals surface area contributed by atoms with E-state index in [0.29, 0.717) is 16.5 Å². The van der Waals surface area contributed by atoms with Crippen LogP contribution in [0.25, 0.3) is 11.1 Å². The van der Waals surface area contributed by atoms with Crippen molar-refractivity contribution in [1.82, 2.24) is 15.2 Å². The Morgan fingerprint density at radius 3 is 2.15 bits per heavy atom. The highest BCUT2D eigenvalue weighted by molar-refractivity contribution is 5.74. The lowest BCUT2D eigenvalue weighted by molar-refractivity contribution is -0.137. The lowest BCUT2D eigenvalue weighted by atomic mass is 9.92. The zero-order valence-electron chi connectivity index (χ0n) is 24.0. The number of fused-ring (bicyclic) bond motifs is 1. The van der Waals surface area contributed by atoms with E-state index in [9.17, 15) is 23.2 Å². The van der Waals surface area contributed by atoms with Crippen molar-refractivity contribution in [2.45, 2.75) is 40.2 Å². The highest BCUT2D eigenvalue weighted by Gasteiger charge is 2.61. The summed E-state index contributed by atoms with van der Waals surface area (Å²) in [5.41, 5.74) is 4.12. The van der Waals surface area contributed by atoms with Gasteiger partial charge in [-0.15, -0.1) is 0 Å². The van der Waals surface area contributed by atoms with Gasteiger partial charge in [-0.1, -0.05) is 32.0 Å². The molecule has 0 radical (unpaired) electrons. The Kier molecular flexibility index (Phi) is 10.5. The van der Waals surface area contributed by atoms with Gasteiger partial charge in [0.25, 0.3) is 0 Å². The third-order valence-corrected chi connectivity index (χ3v) is 8.00. The maximum atomic E-state index is 14.2. The summed E-state index contributed by atoms with van der Waals surface area (Å²) >= 11 is 0. The van der Waals surface area contributed by atoms with Gasteiger partial charge >= 0.3 is 5.97 Å². The fourth-order valence-corrected chi connectivity index (χ4v) is 5.56. The number of benzene rings is 2. The second-order valence-corrected chi connectivity index (χ2v) is 11.2. The number of nitrogens with one attached hydrogen (secondary N) is 1. The molecule has 3 atom stereocenters. The molecule has 2 aliphatic rings. The summed E-state index contributed by atoms with van der Waals surface area (Å²) in [5, 5.41) is 11.2. The summed E-state index contributed by atoms with van der Waals surface area (Å²) in [6.45, 7) is 11.2. The van der Waals surface area contributed by atoms with E-state index in [1.807, 2.05) is 32.0 Å². The third kappa shape index (κ3) is 7.82. The van der Waals surface area contributed by atoms with Crippen LogP contribution in [0.5, 0.6) is 0 Å². The lowest BCUT2D eigenvalue weighted by Gasteiger charge is -2.18. The number of aliphatic carboxylic acids is 1. The van der Waals surface area contributed by atoms with Gasteiger partial charge in [0.15, 0.2) is 11.6 Å². The summed E-state index contributed by atoms with van der Waals surface area (Å²) < 4.78 is 28.3. The van der Waals surface area contributed by atoms with Gasteiger partial charge in [0, 0.05) is 36.6 Å². The van der Waals surface area contributed by atoms with E-state index in [-0.39, 0.29) is 12.0 Å². The molecule has 0 bridgehead atoms. The van der Waals surface area contributed by atoms with Crippen LogP contribution in [0.3, 0.4) is 0 Å². The number of nitrogens with zero attached hydrogens (tertiary/aromatic N) is 2. The van der Waals surface area contributed by atoms with Crippen molar-refractivity contribution in [2.24, 2.45) is 17.3 Å². The number of carboxylic acids is 1. The summed E-state index contributed by atoms with van der Waals surface area (Å²) in [6.07, 6.45) is 3.69. The first-order valence-electron chi connectivity index (χ1n) is 13.4. The number of hydrogen-bond donors (Lipinski definition) is 2. The second-order valence-electron chi connectivity index (χ2n) is 11.2. The van der Waals surface area contributed by atoms with Crippen molar-refractivity contribution < 1.29 is 28.3 Å². The van der Waals surface area contributed by atoms with E-state index < -0.39 is 30.1 Å². The molecule has 1 aliphatic heterocycles. The standard InChI is InChI=1S/C18H17F2NO3.C8H15N.C6H5NO/c1-10-4-3-5-11(2)17(10)12-6-13(18(20)14(19)7-12)15(21-9-22)8-16(23)24;1-8(2)6-4-9(3)5-7(6)8;8-5-6-1-3-7-4-2-6/h3-7,9,15H,8H2,1-2H3,(H,21,22)(H,23,24);6-7H,4-5H2,1-3H3;1-5H. The van der Waals surface area contributed by atoms with Crippen molar-refractivity contribution in [3.05, 3.63) is 88.7 Å². The Hall–Kier alpha value is -3.98. The molecule has 1 saturated heterocycles. The normalized spacial score (nSPS) is 18.9. The number of carbonyl (C=O) groups excluding carboxylic acids is 2. The summed E-state index contributed by atoms with van der Waals surface area (Å²) in [6, 6.07) is 10.2. The van der Waals surface area contributed by atoms with E-state index in [0.717, 1.165) is 40.9 Å². The van der Waals surface area contributed by atoms with Crippen molar-refractivity contribution in [3.8, 4) is 11.1 Å². The molecule has 218 valence electrons. The Bertz CT molecular complexity index is 1350. The molecule has 2 aromatic carbocycles. The van der Waals surface area contributed by atoms with Crippen molar-refractivity contribution in [3.63, 3.8) is 0 Å². The molecular formula is C32H37F2N3O4. The van der Waals surface area contributed by atoms with Crippen molar-refractivity contribution >= 4 is 18.7 Å². The molecule has 0 spiro atoms. The van der Waals surface area contributed by atoms with Gasteiger partial charge < -0.3 is 15.3 Å². The smallest absolute Gasteiger partial charge is 0.305 e. The number of pyridine rings is 1. The summed E-state index contributed by atoms with van der Waals surface area (Å²) in [4.78, 5) is 37.8. The molecule has 5 rings (SSSR count). The van der Waals surface area contributed by atoms with Gasteiger partial charge in [0.2, 0.25) is 6.41 Å². The molecular weight excluding hydrogens is 528 g/mol. The molecule has 1 aromatic heterocycles. The number of carbonyl (C=O) groups is 3. The fourth-order valence-electron chi connectivity index (χ4n) is 5.56. The van der Waals surface area contributed by atoms with Crippen LogP contribution in [0.2, 0.25) is 0 Å². The van der Waals surface area contributed by atoms with Crippen LogP contribution >= 0.6 is 0 Å². The largest absolute Gasteiger partial charge is 0.481 e. The Morgan fingerprint density at radius 1 is 1.10 bits per heavy atom. The number of aryl methyl sites for hydroxylation is 2. The second kappa shape index (κ2) is 13.6. The Morgan fingerprint density at radius 2 is 1.68 bits per heavy atom. The minimum atomic E-state index is -1.23. The number of aromatic nitrogens is 1. The molecule has 9 heteroatoms. The lowest BCUT2D eigenvalue weighted by Crippen LogP contribution is -2.24. The topological polar surface area (TPSA) is 99.6 Å². The molecule has 2 N–H and O–H groups in total. The molecule has 3 unspecified atom stereocenters. The number of hydrogen-bond acceptors (Lipinski definition) is 5. The zero-order chi connectivity index (χ0) is 30.3. The van der Waals surface area contributed by atoms with Crippen LogP contribution in [0.1, 0.15) is 53.4 Å². The average Bonchev–Trinajstić information content (AvgIpc) is 3.21. The van der Waals surface area contributed by atoms with E-state index in [2.05, 4.69) is 36.1 Å². The highest BCUT2D eigenvalue weighted by Crippen LogP contribution is 2.61. The quantitative estimate of drug-likeness (QED) is 0.362. The van der Waals surface area contributed by atoms with Crippen LogP contribution < -0.4 is 5.32 Å². The SMILES string of the molecule is CN1CC2C(C1)C2(C)C.Cc1cccc(C)c1-c1cc(F)c(F)c(C(CC(=O)O)NC=O)c1.O=Cc1ccncc1. The number of likely N-dealkylation sites (tertiary alicyclic amines) is 1. The molecule has 2 fully saturated rings. The first-order valence-corrected chi connectivity index (χ1v) is 13.4. The van der Waals surface area contributed by atoms with E-state index >= 15 is 0 Å². The number of aldehydes is 1. The van der Waals surface area contributed by atoms with Gasteiger partial charge in [-0.2, -0.15) is 0 Å². The van der Waals surface area contributed by atoms with Gasteiger partial charge in [0.05, 0.1) is 12.5 Å². The van der Waals surface area contributed by atoms with Crippen LogP contribution in [-0.2, 0) is 9.59 Å². The van der Waals surface area contributed by atoms with Crippen LogP contribution in [0, 0.1) is 42.7 Å². The molecule has 1 amide bonds. The van der Waals surface area contributed by atoms with Crippen molar-refractivity contribution in [2.75, 3.05) is 20.1 Å². The summed E-state index contributed by atoms with van der Waals surface area (Å²) in [5.74, 6) is -1.42. The first kappa shape index (κ1) is 31.5. The Balaban J connectivity index is 0.000000218. The molecule has 7 nitrogen and oxygen atoms in total. The first-order chi connectivity index (χ1) is 19.4. The number of halogens is 2. The van der Waals surface area contributed by atoms with E-state index in [1.54, 1.807) is 24.5 Å².